The lowest BCUT2D eigenvalue weighted by Gasteiger charge is -2.14. The zero-order valence-corrected chi connectivity index (χ0v) is 14.4. The minimum atomic E-state index is -4.68. The number of nitrogens with one attached hydrogen (secondary N) is 2. The molecule has 2 heterocycles. The van der Waals surface area contributed by atoms with E-state index >= 15 is 0 Å². The summed E-state index contributed by atoms with van der Waals surface area (Å²) in [4.78, 5) is 25.7. The third kappa shape index (κ3) is 4.21. The van der Waals surface area contributed by atoms with Gasteiger partial charge in [0.2, 0.25) is 5.91 Å². The number of hydrogen-bond donors (Lipinski definition) is 2. The van der Waals surface area contributed by atoms with Crippen molar-refractivity contribution in [2.75, 3.05) is 0 Å². The SMILES string of the molecule is O=C1CC[C@H](C=C(c2ccc(Cl)c(=O)[nH]2)c2ccc(C(F)(F)F)cc2F)N1. The van der Waals surface area contributed by atoms with Crippen molar-refractivity contribution in [2.24, 2.45) is 0 Å². The molecule has 27 heavy (non-hydrogen) atoms. The average Bonchev–Trinajstić information content (AvgIpc) is 3.00. The Labute approximate surface area is 155 Å². The number of benzene rings is 1. The molecule has 1 fully saturated rings. The lowest BCUT2D eigenvalue weighted by Crippen LogP contribution is -2.23. The molecule has 1 aromatic carbocycles. The number of H-pyrrole nitrogens is 1. The van der Waals surface area contributed by atoms with Crippen LogP contribution in [-0.2, 0) is 11.0 Å². The summed E-state index contributed by atoms with van der Waals surface area (Å²) in [5.41, 5.74) is -1.56. The van der Waals surface area contributed by atoms with Crippen LogP contribution in [0.3, 0.4) is 0 Å². The van der Waals surface area contributed by atoms with E-state index < -0.39 is 29.2 Å². The van der Waals surface area contributed by atoms with E-state index in [1.54, 1.807) is 0 Å². The zero-order valence-electron chi connectivity index (χ0n) is 13.7. The molecule has 1 amide bonds. The van der Waals surface area contributed by atoms with E-state index in [0.717, 1.165) is 12.1 Å². The number of alkyl halides is 3. The molecule has 1 aromatic heterocycles. The van der Waals surface area contributed by atoms with Crippen LogP contribution in [0.5, 0.6) is 0 Å². The molecule has 0 radical (unpaired) electrons. The van der Waals surface area contributed by atoms with Crippen molar-refractivity contribution in [2.45, 2.75) is 25.1 Å². The Morgan fingerprint density at radius 1 is 1.19 bits per heavy atom. The molecule has 1 atom stereocenters. The first-order chi connectivity index (χ1) is 12.6. The Balaban J connectivity index is 2.12. The second-order valence-electron chi connectivity index (χ2n) is 6.03. The maximum absolute atomic E-state index is 14.5. The minimum absolute atomic E-state index is 0.0832. The zero-order chi connectivity index (χ0) is 19.8. The Morgan fingerprint density at radius 2 is 1.93 bits per heavy atom. The van der Waals surface area contributed by atoms with Crippen molar-refractivity contribution >= 4 is 23.1 Å². The Kier molecular flexibility index (Phi) is 5.10. The molecule has 0 bridgehead atoms. The van der Waals surface area contributed by atoms with Crippen molar-refractivity contribution in [3.05, 3.63) is 74.4 Å². The summed E-state index contributed by atoms with van der Waals surface area (Å²) < 4.78 is 52.9. The largest absolute Gasteiger partial charge is 0.416 e. The molecular formula is C18H13ClF4N2O2. The summed E-state index contributed by atoms with van der Waals surface area (Å²) >= 11 is 5.70. The molecule has 0 spiro atoms. The minimum Gasteiger partial charge on any atom is -0.350 e. The molecule has 1 saturated heterocycles. The molecule has 142 valence electrons. The highest BCUT2D eigenvalue weighted by Crippen LogP contribution is 2.33. The highest BCUT2D eigenvalue weighted by Gasteiger charge is 2.31. The van der Waals surface area contributed by atoms with Gasteiger partial charge in [-0.1, -0.05) is 23.7 Å². The monoisotopic (exact) mass is 400 g/mol. The lowest BCUT2D eigenvalue weighted by atomic mass is 9.97. The first kappa shape index (κ1) is 19.2. The summed E-state index contributed by atoms with van der Waals surface area (Å²) in [5, 5.41) is 2.59. The van der Waals surface area contributed by atoms with Gasteiger partial charge in [-0.25, -0.2) is 4.39 Å². The van der Waals surface area contributed by atoms with Crippen LogP contribution in [0.1, 0.15) is 29.7 Å². The molecule has 1 aliphatic rings. The van der Waals surface area contributed by atoms with E-state index in [0.29, 0.717) is 12.5 Å². The van der Waals surface area contributed by atoms with E-state index in [2.05, 4.69) is 10.3 Å². The molecular weight excluding hydrogens is 388 g/mol. The van der Waals surface area contributed by atoms with E-state index in [1.807, 2.05) is 0 Å². The third-order valence-electron chi connectivity index (χ3n) is 4.13. The van der Waals surface area contributed by atoms with Crippen LogP contribution in [0.15, 0.2) is 41.2 Å². The smallest absolute Gasteiger partial charge is 0.350 e. The standard InChI is InChI=1S/C18H13ClF4N2O2/c19-13-4-5-15(25-17(13)27)12(8-10-2-6-16(26)24-10)11-3-1-9(7-14(11)20)18(21,22)23/h1,3-5,7-8,10H,2,6H2,(H,24,26)(H,25,27)/t10-/m1/s1. The van der Waals surface area contributed by atoms with Crippen molar-refractivity contribution < 1.29 is 22.4 Å². The van der Waals surface area contributed by atoms with Crippen LogP contribution in [0.4, 0.5) is 17.6 Å². The van der Waals surface area contributed by atoms with Crippen molar-refractivity contribution in [1.82, 2.24) is 10.3 Å². The van der Waals surface area contributed by atoms with Crippen LogP contribution in [0.2, 0.25) is 5.02 Å². The number of carbonyl (C=O) groups excluding carboxylic acids is 1. The second-order valence-corrected chi connectivity index (χ2v) is 6.44. The predicted octanol–water partition coefficient (Wildman–Crippen LogP) is 3.90. The molecule has 0 aliphatic carbocycles. The van der Waals surface area contributed by atoms with Gasteiger partial charge in [-0.05, 0) is 30.7 Å². The summed E-state index contributed by atoms with van der Waals surface area (Å²) in [6, 6.07) is 4.43. The maximum atomic E-state index is 14.5. The van der Waals surface area contributed by atoms with E-state index in [1.165, 1.54) is 18.2 Å². The average molecular weight is 401 g/mol. The molecule has 3 rings (SSSR count). The topological polar surface area (TPSA) is 62.0 Å². The molecule has 2 N–H and O–H groups in total. The summed E-state index contributed by atoms with van der Waals surface area (Å²) in [5.74, 6) is -1.29. The Bertz CT molecular complexity index is 982. The lowest BCUT2D eigenvalue weighted by molar-refractivity contribution is -0.137. The molecule has 2 aromatic rings. The van der Waals surface area contributed by atoms with Crippen molar-refractivity contribution in [1.29, 1.82) is 0 Å². The van der Waals surface area contributed by atoms with Crippen LogP contribution >= 0.6 is 11.6 Å². The quantitative estimate of drug-likeness (QED) is 0.768. The first-order valence-electron chi connectivity index (χ1n) is 7.92. The normalized spacial score (nSPS) is 17.9. The van der Waals surface area contributed by atoms with Gasteiger partial charge in [0.1, 0.15) is 10.8 Å². The third-order valence-corrected chi connectivity index (χ3v) is 4.43. The van der Waals surface area contributed by atoms with Crippen LogP contribution < -0.4 is 10.9 Å². The number of pyridine rings is 1. The number of aromatic nitrogens is 1. The van der Waals surface area contributed by atoms with Crippen molar-refractivity contribution in [3.63, 3.8) is 0 Å². The summed E-state index contributed by atoms with van der Waals surface area (Å²) in [7, 11) is 0. The Morgan fingerprint density at radius 3 is 2.48 bits per heavy atom. The number of halogens is 5. The predicted molar refractivity (Wildman–Crippen MR) is 91.7 cm³/mol. The number of aromatic amines is 1. The highest BCUT2D eigenvalue weighted by atomic mass is 35.5. The number of rotatable bonds is 3. The molecule has 4 nitrogen and oxygen atoms in total. The number of amides is 1. The van der Waals surface area contributed by atoms with Crippen LogP contribution in [-0.4, -0.2) is 16.9 Å². The Hall–Kier alpha value is -2.61. The van der Waals surface area contributed by atoms with Gasteiger partial charge in [0.25, 0.3) is 5.56 Å². The van der Waals surface area contributed by atoms with Gasteiger partial charge in [0.15, 0.2) is 0 Å². The molecule has 9 heteroatoms. The maximum Gasteiger partial charge on any atom is 0.416 e. The number of hydrogen-bond acceptors (Lipinski definition) is 2. The van der Waals surface area contributed by atoms with E-state index in [4.69, 9.17) is 11.6 Å². The van der Waals surface area contributed by atoms with Gasteiger partial charge in [-0.15, -0.1) is 0 Å². The van der Waals surface area contributed by atoms with Gasteiger partial charge in [-0.2, -0.15) is 13.2 Å². The fourth-order valence-electron chi connectivity index (χ4n) is 2.81. The highest BCUT2D eigenvalue weighted by molar-refractivity contribution is 6.30. The number of carbonyl (C=O) groups is 1. The van der Waals surface area contributed by atoms with Crippen molar-refractivity contribution in [3.8, 4) is 0 Å². The van der Waals surface area contributed by atoms with E-state index in [-0.39, 0.29) is 34.2 Å². The van der Waals surface area contributed by atoms with Crippen LogP contribution in [0.25, 0.3) is 5.57 Å². The van der Waals surface area contributed by atoms with Gasteiger partial charge in [0, 0.05) is 29.3 Å². The van der Waals surface area contributed by atoms with Gasteiger partial charge in [0.05, 0.1) is 5.56 Å². The fourth-order valence-corrected chi connectivity index (χ4v) is 2.92. The fraction of sp³-hybridized carbons (Fsp3) is 0.222. The molecule has 0 saturated carbocycles. The van der Waals surface area contributed by atoms with Crippen LogP contribution in [0, 0.1) is 5.82 Å². The second kappa shape index (κ2) is 7.19. The molecule has 1 aliphatic heterocycles. The molecule has 0 unspecified atom stereocenters. The van der Waals surface area contributed by atoms with Gasteiger partial charge < -0.3 is 10.3 Å². The van der Waals surface area contributed by atoms with Gasteiger partial charge in [-0.3, -0.25) is 9.59 Å². The van der Waals surface area contributed by atoms with Gasteiger partial charge >= 0.3 is 6.18 Å². The first-order valence-corrected chi connectivity index (χ1v) is 8.30. The van der Waals surface area contributed by atoms with E-state index in [9.17, 15) is 27.2 Å². The summed E-state index contributed by atoms with van der Waals surface area (Å²) in [6.45, 7) is 0. The summed E-state index contributed by atoms with van der Waals surface area (Å²) in [6.07, 6.45) is -2.45.